The number of rotatable bonds is 8. The predicted molar refractivity (Wildman–Crippen MR) is 83.4 cm³/mol. The standard InChI is InChI=1S/2C6H9N3O2S.2Na/c2*10-5(11)3-1-2-4-6(12)8-9-7-4;;/h2*1-3H2,(H,10,11)(H2,7,8,9,12);;/q;;2*+1/p-2. The molecule has 0 spiro atoms. The number of carbonyl (C=O) groups excluding carboxylic acids is 2. The molecule has 0 fully saturated rings. The van der Waals surface area contributed by atoms with Crippen molar-refractivity contribution in [3.8, 4) is 0 Å². The van der Waals surface area contributed by atoms with Crippen LogP contribution >= 0.6 is 24.4 Å². The minimum Gasteiger partial charge on any atom is -0.550 e. The molecule has 0 saturated heterocycles. The first kappa shape index (κ1) is 27.9. The van der Waals surface area contributed by atoms with Crippen LogP contribution in [0.3, 0.4) is 0 Å². The maximum absolute atomic E-state index is 10.0. The van der Waals surface area contributed by atoms with Gasteiger partial charge in [0.05, 0.1) is 11.4 Å². The molecule has 0 aliphatic rings. The Labute approximate surface area is 203 Å². The van der Waals surface area contributed by atoms with E-state index in [2.05, 4.69) is 30.8 Å². The molecule has 4 N–H and O–H groups in total. The Morgan fingerprint density at radius 1 is 0.808 bits per heavy atom. The van der Waals surface area contributed by atoms with Crippen LogP contribution in [0.4, 0.5) is 0 Å². The average Bonchev–Trinajstić information content (AvgIpc) is 3.09. The number of hydrogen-bond donors (Lipinski definition) is 4. The fraction of sp³-hybridized carbons (Fsp3) is 0.500. The number of aryl methyl sites for hydroxylation is 2. The van der Waals surface area contributed by atoms with Crippen molar-refractivity contribution in [2.24, 2.45) is 0 Å². The molecule has 14 heteroatoms. The molecule has 0 radical (unpaired) electrons. The number of carboxylic acids is 2. The third kappa shape index (κ3) is 12.1. The molecule has 0 atom stereocenters. The zero-order chi connectivity index (χ0) is 17.9. The van der Waals surface area contributed by atoms with E-state index < -0.39 is 11.9 Å². The number of H-pyrrole nitrogens is 4. The van der Waals surface area contributed by atoms with Crippen LogP contribution < -0.4 is 69.3 Å². The minimum atomic E-state index is -1.04. The van der Waals surface area contributed by atoms with Crippen molar-refractivity contribution in [3.05, 3.63) is 20.7 Å². The van der Waals surface area contributed by atoms with Crippen molar-refractivity contribution in [2.45, 2.75) is 38.5 Å². The number of nitrogens with zero attached hydrogens (tertiary/aromatic N) is 2. The number of aliphatic carboxylic acids is 2. The Morgan fingerprint density at radius 2 is 1.15 bits per heavy atom. The molecule has 0 bridgehead atoms. The topological polar surface area (TPSA) is 169 Å². The first-order chi connectivity index (χ1) is 11.4. The van der Waals surface area contributed by atoms with E-state index in [1.54, 1.807) is 0 Å². The molecule has 2 heterocycles. The van der Waals surface area contributed by atoms with Gasteiger partial charge >= 0.3 is 59.1 Å². The second kappa shape index (κ2) is 15.7. The van der Waals surface area contributed by atoms with Gasteiger partial charge in [0.15, 0.2) is 0 Å². The Hall–Kier alpha value is -0.340. The molecule has 0 aliphatic heterocycles. The Morgan fingerprint density at radius 3 is 1.38 bits per heavy atom. The van der Waals surface area contributed by atoms with Gasteiger partial charge in [-0.1, -0.05) is 24.4 Å². The van der Waals surface area contributed by atoms with Crippen LogP contribution in [-0.2, 0) is 22.4 Å². The van der Waals surface area contributed by atoms with E-state index in [1.165, 1.54) is 0 Å². The van der Waals surface area contributed by atoms with Crippen molar-refractivity contribution in [1.82, 2.24) is 30.8 Å². The van der Waals surface area contributed by atoms with Gasteiger partial charge in [0.25, 0.3) is 0 Å². The normalized spacial score (nSPS) is 9.23. The largest absolute Gasteiger partial charge is 1.00 e. The van der Waals surface area contributed by atoms with Gasteiger partial charge in [-0.05, 0) is 38.5 Å². The summed E-state index contributed by atoms with van der Waals surface area (Å²) in [4.78, 5) is 20.1. The predicted octanol–water partition coefficient (Wildman–Crippen LogP) is -6.91. The molecule has 0 saturated carbocycles. The zero-order valence-corrected chi connectivity index (χ0v) is 20.2. The fourth-order valence-electron chi connectivity index (χ4n) is 1.68. The maximum atomic E-state index is 10.0. The quantitative estimate of drug-likeness (QED) is 0.242. The molecule has 2 aromatic rings. The average molecular weight is 418 g/mol. The summed E-state index contributed by atoms with van der Waals surface area (Å²) in [6.45, 7) is 0. The molecular formula is C12H16N6Na2O4S2. The van der Waals surface area contributed by atoms with Gasteiger partial charge in [0.2, 0.25) is 0 Å². The first-order valence-corrected chi connectivity index (χ1v) is 7.85. The summed E-state index contributed by atoms with van der Waals surface area (Å²) in [5, 5.41) is 37.9. The SMILES string of the molecule is O=C([O-])CCCc1n[nH][nH]c1=S.O=C([O-])CCCc1n[nH][nH]c1=S.[Na+].[Na+]. The molecule has 0 aromatic carbocycles. The summed E-state index contributed by atoms with van der Waals surface area (Å²) in [6, 6.07) is 0. The van der Waals surface area contributed by atoms with Crippen molar-refractivity contribution < 1.29 is 78.9 Å². The molecule has 2 rings (SSSR count). The summed E-state index contributed by atoms with van der Waals surface area (Å²) >= 11 is 9.70. The van der Waals surface area contributed by atoms with Gasteiger partial charge in [-0.3, -0.25) is 10.2 Å². The van der Waals surface area contributed by atoms with E-state index in [0.29, 0.717) is 46.4 Å². The van der Waals surface area contributed by atoms with E-state index in [1.807, 2.05) is 0 Å². The van der Waals surface area contributed by atoms with Crippen molar-refractivity contribution in [2.75, 3.05) is 0 Å². The van der Waals surface area contributed by atoms with Crippen LogP contribution in [0.2, 0.25) is 0 Å². The van der Waals surface area contributed by atoms with Crippen LogP contribution in [0.1, 0.15) is 37.1 Å². The number of hydrogen-bond acceptors (Lipinski definition) is 8. The van der Waals surface area contributed by atoms with Crippen LogP contribution in [0, 0.1) is 9.28 Å². The monoisotopic (exact) mass is 418 g/mol. The number of aromatic nitrogens is 6. The van der Waals surface area contributed by atoms with Crippen LogP contribution in [-0.4, -0.2) is 42.8 Å². The Kier molecular flexibility index (Phi) is 16.8. The van der Waals surface area contributed by atoms with Crippen LogP contribution in [0.25, 0.3) is 0 Å². The molecule has 26 heavy (non-hydrogen) atoms. The van der Waals surface area contributed by atoms with Crippen molar-refractivity contribution >= 4 is 36.4 Å². The number of carboxylic acid groups (broad SMARTS) is 2. The Bertz CT molecular complexity index is 708. The second-order valence-electron chi connectivity index (χ2n) is 4.70. The molecule has 0 unspecified atom stereocenters. The van der Waals surface area contributed by atoms with E-state index in [9.17, 15) is 19.8 Å². The molecule has 2 aromatic heterocycles. The summed E-state index contributed by atoms with van der Waals surface area (Å²) in [5.74, 6) is -2.08. The number of carbonyl (C=O) groups is 2. The first-order valence-electron chi connectivity index (χ1n) is 7.03. The van der Waals surface area contributed by atoms with Gasteiger partial charge < -0.3 is 19.8 Å². The van der Waals surface area contributed by atoms with Crippen molar-refractivity contribution in [1.29, 1.82) is 0 Å². The molecule has 132 valence electrons. The fourth-order valence-corrected chi connectivity index (χ4v) is 2.06. The second-order valence-corrected chi connectivity index (χ2v) is 5.52. The third-order valence-electron chi connectivity index (χ3n) is 2.83. The van der Waals surface area contributed by atoms with Gasteiger partial charge in [-0.15, -0.1) is 0 Å². The third-order valence-corrected chi connectivity index (χ3v) is 3.51. The smallest absolute Gasteiger partial charge is 0.550 e. The van der Waals surface area contributed by atoms with E-state index in [-0.39, 0.29) is 72.0 Å². The van der Waals surface area contributed by atoms with E-state index >= 15 is 0 Å². The number of nitrogens with one attached hydrogen (secondary N) is 4. The zero-order valence-electron chi connectivity index (χ0n) is 14.6. The molecule has 10 nitrogen and oxygen atoms in total. The minimum absolute atomic E-state index is 0. The molecule has 0 aliphatic carbocycles. The maximum Gasteiger partial charge on any atom is 1.00 e. The van der Waals surface area contributed by atoms with Gasteiger partial charge in [0, 0.05) is 11.9 Å². The van der Waals surface area contributed by atoms with Crippen LogP contribution in [0.15, 0.2) is 0 Å². The summed E-state index contributed by atoms with van der Waals surface area (Å²) in [5.41, 5.74) is 1.40. The number of aromatic amines is 4. The van der Waals surface area contributed by atoms with E-state index in [0.717, 1.165) is 0 Å². The van der Waals surface area contributed by atoms with Gasteiger partial charge in [-0.25, -0.2) is 10.4 Å². The van der Waals surface area contributed by atoms with Crippen LogP contribution in [0.5, 0.6) is 0 Å². The summed E-state index contributed by atoms with van der Waals surface area (Å²) < 4.78 is 1.07. The molecular weight excluding hydrogens is 402 g/mol. The van der Waals surface area contributed by atoms with Gasteiger partial charge in [-0.2, -0.15) is 10.2 Å². The van der Waals surface area contributed by atoms with Gasteiger partial charge in [0.1, 0.15) is 9.28 Å². The summed E-state index contributed by atoms with van der Waals surface area (Å²) in [6.07, 6.45) is 2.22. The molecule has 0 amide bonds. The Balaban J connectivity index is 0. The van der Waals surface area contributed by atoms with Crippen molar-refractivity contribution in [3.63, 3.8) is 0 Å². The summed E-state index contributed by atoms with van der Waals surface area (Å²) in [7, 11) is 0. The van der Waals surface area contributed by atoms with E-state index in [4.69, 9.17) is 24.4 Å².